The Hall–Kier alpha value is -8.41. The summed E-state index contributed by atoms with van der Waals surface area (Å²) in [5.41, 5.74) is 14.7. The first-order chi connectivity index (χ1) is 30.7. The standard InChI is InChI=1S/C57H36N4O/c1-5-16-37(17-6-1)41-28-31-50(46(34-41)38-18-7-2-8-19-38)61-49-26-14-13-24-44(49)47-35-42(29-32-51(47)61)43-30-33-52-48(36-43)54-45(25-15-27-53(54)62-52)57-59-55(39-20-9-3-10-21-39)58-56(60-57)40-22-11-4-12-23-40/h1-36H. The summed E-state index contributed by atoms with van der Waals surface area (Å²) in [5.74, 6) is 1.84. The molecule has 0 aliphatic carbocycles. The Balaban J connectivity index is 1.02. The van der Waals surface area contributed by atoms with E-state index in [0.29, 0.717) is 17.5 Å². The van der Waals surface area contributed by atoms with Gasteiger partial charge in [0.25, 0.3) is 0 Å². The van der Waals surface area contributed by atoms with Crippen molar-refractivity contribution in [2.24, 2.45) is 0 Å². The molecule has 12 aromatic rings. The molecule has 5 heteroatoms. The number of hydrogen-bond acceptors (Lipinski definition) is 4. The number of hydrogen-bond donors (Lipinski definition) is 0. The van der Waals surface area contributed by atoms with Crippen molar-refractivity contribution < 1.29 is 4.42 Å². The zero-order valence-corrected chi connectivity index (χ0v) is 33.5. The van der Waals surface area contributed by atoms with Crippen molar-refractivity contribution in [3.8, 4) is 73.2 Å². The molecule has 0 unspecified atom stereocenters. The molecule has 3 aromatic heterocycles. The molecule has 0 saturated heterocycles. The highest BCUT2D eigenvalue weighted by atomic mass is 16.3. The monoisotopic (exact) mass is 792 g/mol. The fourth-order valence-electron chi connectivity index (χ4n) is 8.92. The van der Waals surface area contributed by atoms with Crippen molar-refractivity contribution in [1.29, 1.82) is 0 Å². The van der Waals surface area contributed by atoms with E-state index in [-0.39, 0.29) is 0 Å². The number of rotatable bonds is 7. The van der Waals surface area contributed by atoms with Crippen LogP contribution in [0.3, 0.4) is 0 Å². The molecule has 9 aromatic carbocycles. The molecule has 290 valence electrons. The van der Waals surface area contributed by atoms with Crippen molar-refractivity contribution in [2.45, 2.75) is 0 Å². The minimum atomic E-state index is 0.595. The van der Waals surface area contributed by atoms with Gasteiger partial charge in [-0.05, 0) is 76.3 Å². The molecule has 5 nitrogen and oxygen atoms in total. The second-order valence-electron chi connectivity index (χ2n) is 15.6. The maximum atomic E-state index is 6.53. The van der Waals surface area contributed by atoms with Crippen LogP contribution in [-0.4, -0.2) is 19.5 Å². The predicted octanol–water partition coefficient (Wildman–Crippen LogP) is 14.9. The van der Waals surface area contributed by atoms with E-state index in [9.17, 15) is 0 Å². The smallest absolute Gasteiger partial charge is 0.164 e. The molecule has 0 atom stereocenters. The van der Waals surface area contributed by atoms with Gasteiger partial charge in [0.15, 0.2) is 17.5 Å². The third-order valence-electron chi connectivity index (χ3n) is 11.9. The summed E-state index contributed by atoms with van der Waals surface area (Å²) in [6.45, 7) is 0. The van der Waals surface area contributed by atoms with Gasteiger partial charge in [0, 0.05) is 43.8 Å². The van der Waals surface area contributed by atoms with Gasteiger partial charge in [-0.15, -0.1) is 0 Å². The van der Waals surface area contributed by atoms with E-state index in [1.165, 1.54) is 33.0 Å². The van der Waals surface area contributed by atoms with Crippen LogP contribution in [0.1, 0.15) is 0 Å². The third-order valence-corrected chi connectivity index (χ3v) is 11.9. The van der Waals surface area contributed by atoms with Gasteiger partial charge in [-0.1, -0.05) is 170 Å². The van der Waals surface area contributed by atoms with Gasteiger partial charge in [0.1, 0.15) is 11.2 Å². The SMILES string of the molecule is c1ccc(-c2ccc(-n3c4ccccc4c4cc(-c5ccc6oc7cccc(-c8nc(-c9ccccc9)nc(-c9ccccc9)n8)c7c6c5)ccc43)c(-c3ccccc3)c2)cc1. The molecule has 0 aliphatic heterocycles. The van der Waals surface area contributed by atoms with E-state index in [1.54, 1.807) is 0 Å². The second kappa shape index (κ2) is 14.7. The minimum Gasteiger partial charge on any atom is -0.456 e. The van der Waals surface area contributed by atoms with Crippen molar-refractivity contribution in [3.63, 3.8) is 0 Å². The fraction of sp³-hybridized carbons (Fsp3) is 0. The lowest BCUT2D eigenvalue weighted by molar-refractivity contribution is 0.669. The van der Waals surface area contributed by atoms with Crippen LogP contribution in [-0.2, 0) is 0 Å². The lowest BCUT2D eigenvalue weighted by Gasteiger charge is -2.16. The first-order valence-electron chi connectivity index (χ1n) is 20.8. The Bertz CT molecular complexity index is 3560. The van der Waals surface area contributed by atoms with E-state index in [2.05, 4.69) is 150 Å². The third kappa shape index (κ3) is 6.06. The van der Waals surface area contributed by atoms with Gasteiger partial charge in [-0.3, -0.25) is 0 Å². The van der Waals surface area contributed by atoms with Crippen molar-refractivity contribution in [3.05, 3.63) is 218 Å². The molecule has 0 fully saturated rings. The molecule has 0 spiro atoms. The summed E-state index contributed by atoms with van der Waals surface area (Å²) < 4.78 is 8.95. The van der Waals surface area contributed by atoms with Gasteiger partial charge in [0.2, 0.25) is 0 Å². The van der Waals surface area contributed by atoms with Gasteiger partial charge in [-0.2, -0.15) is 0 Å². The molecule has 0 amide bonds. The minimum absolute atomic E-state index is 0.595. The second-order valence-corrected chi connectivity index (χ2v) is 15.6. The van der Waals surface area contributed by atoms with Crippen LogP contribution < -0.4 is 0 Å². The Morgan fingerprint density at radius 2 is 0.839 bits per heavy atom. The fourth-order valence-corrected chi connectivity index (χ4v) is 8.92. The molecule has 0 N–H and O–H groups in total. The normalized spacial score (nSPS) is 11.5. The van der Waals surface area contributed by atoms with Gasteiger partial charge < -0.3 is 8.98 Å². The van der Waals surface area contributed by atoms with Crippen LogP contribution in [0.25, 0.3) is 117 Å². The number of fused-ring (bicyclic) bond motifs is 6. The summed E-state index contributed by atoms with van der Waals surface area (Å²) >= 11 is 0. The highest BCUT2D eigenvalue weighted by molar-refractivity contribution is 6.14. The molecule has 0 bridgehead atoms. The molecule has 3 heterocycles. The Morgan fingerprint density at radius 3 is 1.53 bits per heavy atom. The number of benzene rings is 9. The van der Waals surface area contributed by atoms with Crippen molar-refractivity contribution in [1.82, 2.24) is 19.5 Å². The molecule has 12 rings (SSSR count). The van der Waals surface area contributed by atoms with E-state index in [1.807, 2.05) is 72.8 Å². The Labute approximate surface area is 357 Å². The lowest BCUT2D eigenvalue weighted by atomic mass is 9.97. The van der Waals surface area contributed by atoms with Crippen LogP contribution in [0, 0.1) is 0 Å². The van der Waals surface area contributed by atoms with E-state index in [0.717, 1.165) is 66.5 Å². The molecular weight excluding hydrogens is 757 g/mol. The molecule has 0 radical (unpaired) electrons. The average molecular weight is 793 g/mol. The highest BCUT2D eigenvalue weighted by Gasteiger charge is 2.20. The molecule has 0 aliphatic rings. The first-order valence-corrected chi connectivity index (χ1v) is 20.8. The average Bonchev–Trinajstić information content (AvgIpc) is 3.90. The predicted molar refractivity (Wildman–Crippen MR) is 254 cm³/mol. The zero-order chi connectivity index (χ0) is 41.0. The van der Waals surface area contributed by atoms with Gasteiger partial charge in [0.05, 0.1) is 16.7 Å². The van der Waals surface area contributed by atoms with E-state index < -0.39 is 0 Å². The maximum absolute atomic E-state index is 6.53. The Kier molecular flexibility index (Phi) is 8.42. The van der Waals surface area contributed by atoms with Crippen LogP contribution >= 0.6 is 0 Å². The van der Waals surface area contributed by atoms with Gasteiger partial charge >= 0.3 is 0 Å². The zero-order valence-electron chi connectivity index (χ0n) is 33.5. The number of aromatic nitrogens is 4. The maximum Gasteiger partial charge on any atom is 0.164 e. The summed E-state index contributed by atoms with van der Waals surface area (Å²) in [5, 5.41) is 4.36. The molecular formula is C57H36N4O. The highest BCUT2D eigenvalue weighted by Crippen LogP contribution is 2.42. The Morgan fingerprint density at radius 1 is 0.306 bits per heavy atom. The van der Waals surface area contributed by atoms with Crippen LogP contribution in [0.15, 0.2) is 223 Å². The quantitative estimate of drug-likeness (QED) is 0.161. The summed E-state index contributed by atoms with van der Waals surface area (Å²) in [7, 11) is 0. The topological polar surface area (TPSA) is 56.7 Å². The first kappa shape index (κ1) is 35.5. The number of nitrogens with zero attached hydrogens (tertiary/aromatic N) is 4. The number of furan rings is 1. The summed E-state index contributed by atoms with van der Waals surface area (Å²) in [6.07, 6.45) is 0. The van der Waals surface area contributed by atoms with Gasteiger partial charge in [-0.25, -0.2) is 15.0 Å². The summed E-state index contributed by atoms with van der Waals surface area (Å²) in [4.78, 5) is 15.1. The van der Waals surface area contributed by atoms with Crippen LogP contribution in [0.5, 0.6) is 0 Å². The largest absolute Gasteiger partial charge is 0.456 e. The number of para-hydroxylation sites is 1. The van der Waals surface area contributed by atoms with Crippen LogP contribution in [0.4, 0.5) is 0 Å². The van der Waals surface area contributed by atoms with E-state index in [4.69, 9.17) is 19.4 Å². The van der Waals surface area contributed by atoms with Crippen LogP contribution in [0.2, 0.25) is 0 Å². The molecule has 0 saturated carbocycles. The molecule has 62 heavy (non-hydrogen) atoms. The summed E-state index contributed by atoms with van der Waals surface area (Å²) in [6, 6.07) is 76.5. The van der Waals surface area contributed by atoms with Crippen molar-refractivity contribution in [2.75, 3.05) is 0 Å². The van der Waals surface area contributed by atoms with Crippen molar-refractivity contribution >= 4 is 43.7 Å². The lowest BCUT2D eigenvalue weighted by Crippen LogP contribution is -2.00. The van der Waals surface area contributed by atoms with E-state index >= 15 is 0 Å².